The van der Waals surface area contributed by atoms with E-state index in [1.807, 2.05) is 19.1 Å². The van der Waals surface area contributed by atoms with Crippen LogP contribution >= 0.6 is 0 Å². The van der Waals surface area contributed by atoms with Crippen molar-refractivity contribution in [2.24, 2.45) is 0 Å². The number of nitrogens with zero attached hydrogens (tertiary/aromatic N) is 1. The fourth-order valence-corrected chi connectivity index (χ4v) is 1.84. The summed E-state index contributed by atoms with van der Waals surface area (Å²) in [5.74, 6) is 0.479. The molecule has 0 saturated heterocycles. The average molecular weight is 197 g/mol. The maximum absolute atomic E-state index is 11.1. The Kier molecular flexibility index (Phi) is 3.33. The molecule has 72 valence electrons. The van der Waals surface area contributed by atoms with Gasteiger partial charge in [0.25, 0.3) is 0 Å². The molecule has 0 fully saturated rings. The molecule has 0 aliphatic carbocycles. The van der Waals surface area contributed by atoms with Crippen LogP contribution in [-0.4, -0.2) is 15.8 Å². The van der Waals surface area contributed by atoms with Gasteiger partial charge in [-0.1, -0.05) is 19.9 Å². The van der Waals surface area contributed by atoms with Crippen molar-refractivity contribution in [2.45, 2.75) is 31.7 Å². The molecule has 0 spiro atoms. The standard InChI is InChI=1S/C10H15NOS/c1-7(2)9-5-6-10(13(4)12)11-8(9)3/h5-7H,1-4H3. The minimum absolute atomic E-state index is 0.479. The highest BCUT2D eigenvalue weighted by Crippen LogP contribution is 2.18. The van der Waals surface area contributed by atoms with Gasteiger partial charge in [0.05, 0.1) is 0 Å². The summed E-state index contributed by atoms with van der Waals surface area (Å²) in [5, 5.41) is 0.668. The van der Waals surface area contributed by atoms with E-state index in [0.717, 1.165) is 5.69 Å². The lowest BCUT2D eigenvalue weighted by molar-refractivity contribution is 0.596. The Balaban J connectivity index is 3.06. The molecule has 0 aromatic carbocycles. The fourth-order valence-electron chi connectivity index (χ4n) is 1.32. The van der Waals surface area contributed by atoms with Gasteiger partial charge in [-0.15, -0.1) is 0 Å². The maximum atomic E-state index is 11.1. The molecule has 0 amide bonds. The zero-order chi connectivity index (χ0) is 10.0. The van der Waals surface area contributed by atoms with Crippen LogP contribution in [0, 0.1) is 6.92 Å². The summed E-state index contributed by atoms with van der Waals surface area (Å²) in [6.45, 7) is 6.23. The molecule has 13 heavy (non-hydrogen) atoms. The van der Waals surface area contributed by atoms with Crippen LogP contribution in [0.5, 0.6) is 0 Å². The lowest BCUT2D eigenvalue weighted by Gasteiger charge is -2.10. The summed E-state index contributed by atoms with van der Waals surface area (Å²) in [5.41, 5.74) is 2.22. The van der Waals surface area contributed by atoms with Crippen LogP contribution in [0.4, 0.5) is 0 Å². The molecule has 0 aliphatic heterocycles. The van der Waals surface area contributed by atoms with E-state index in [1.165, 1.54) is 5.56 Å². The van der Waals surface area contributed by atoms with Crippen molar-refractivity contribution in [1.29, 1.82) is 0 Å². The molecular weight excluding hydrogens is 182 g/mol. The van der Waals surface area contributed by atoms with Gasteiger partial charge in [0, 0.05) is 22.9 Å². The first kappa shape index (κ1) is 10.5. The first-order valence-corrected chi connectivity index (χ1v) is 5.89. The van der Waals surface area contributed by atoms with E-state index in [0.29, 0.717) is 10.9 Å². The molecule has 1 unspecified atom stereocenters. The Morgan fingerprint density at radius 1 is 1.38 bits per heavy atom. The Bertz CT molecular complexity index is 297. The van der Waals surface area contributed by atoms with Gasteiger partial charge in [-0.25, -0.2) is 4.98 Å². The zero-order valence-electron chi connectivity index (χ0n) is 8.50. The lowest BCUT2D eigenvalue weighted by atomic mass is 10.0. The molecule has 0 saturated carbocycles. The highest BCUT2D eigenvalue weighted by atomic mass is 32.2. The maximum Gasteiger partial charge on any atom is 0.244 e. The van der Waals surface area contributed by atoms with Crippen molar-refractivity contribution in [3.63, 3.8) is 0 Å². The van der Waals surface area contributed by atoms with Gasteiger partial charge in [-0.2, -0.15) is 0 Å². The van der Waals surface area contributed by atoms with Gasteiger partial charge in [-0.05, 0) is 18.4 Å². The predicted octanol–water partition coefficient (Wildman–Crippen LogP) is 2.25. The molecule has 3 heteroatoms. The molecule has 0 radical (unpaired) electrons. The second kappa shape index (κ2) is 4.11. The number of aryl methyl sites for hydroxylation is 1. The molecular formula is C10H15NOS. The highest BCUT2D eigenvalue weighted by molar-refractivity contribution is 7.90. The largest absolute Gasteiger partial charge is 0.610 e. The van der Waals surface area contributed by atoms with E-state index < -0.39 is 11.2 Å². The van der Waals surface area contributed by atoms with Gasteiger partial charge in [0.15, 0.2) is 0 Å². The minimum Gasteiger partial charge on any atom is -0.610 e. The van der Waals surface area contributed by atoms with Crippen molar-refractivity contribution in [1.82, 2.24) is 4.98 Å². The molecule has 0 bridgehead atoms. The summed E-state index contributed by atoms with van der Waals surface area (Å²) < 4.78 is 11.1. The van der Waals surface area contributed by atoms with Crippen LogP contribution in [0.2, 0.25) is 0 Å². The summed E-state index contributed by atoms with van der Waals surface area (Å²) in [7, 11) is 0. The topological polar surface area (TPSA) is 36.0 Å². The van der Waals surface area contributed by atoms with E-state index in [-0.39, 0.29) is 0 Å². The van der Waals surface area contributed by atoms with Crippen LogP contribution in [-0.2, 0) is 11.2 Å². The Hall–Kier alpha value is -0.540. The molecule has 0 aliphatic rings. The van der Waals surface area contributed by atoms with E-state index in [2.05, 4.69) is 18.8 Å². The first-order chi connectivity index (χ1) is 6.02. The van der Waals surface area contributed by atoms with Gasteiger partial charge >= 0.3 is 0 Å². The van der Waals surface area contributed by atoms with Crippen LogP contribution < -0.4 is 0 Å². The van der Waals surface area contributed by atoms with Crippen molar-refractivity contribution in [2.75, 3.05) is 6.26 Å². The number of pyridine rings is 1. The third kappa shape index (κ3) is 2.45. The second-order valence-corrected chi connectivity index (χ2v) is 4.76. The molecule has 1 aromatic rings. The number of hydrogen-bond donors (Lipinski definition) is 0. The average Bonchev–Trinajstić information content (AvgIpc) is 2.03. The molecule has 1 heterocycles. The van der Waals surface area contributed by atoms with Gasteiger partial charge in [-0.3, -0.25) is 0 Å². The van der Waals surface area contributed by atoms with E-state index in [9.17, 15) is 4.55 Å². The van der Waals surface area contributed by atoms with Crippen molar-refractivity contribution >= 4 is 11.2 Å². The minimum atomic E-state index is -0.972. The van der Waals surface area contributed by atoms with Gasteiger partial charge in [0.2, 0.25) is 5.03 Å². The normalized spacial score (nSPS) is 13.4. The van der Waals surface area contributed by atoms with Crippen LogP contribution in [0.1, 0.15) is 31.0 Å². The smallest absolute Gasteiger partial charge is 0.244 e. The highest BCUT2D eigenvalue weighted by Gasteiger charge is 2.10. The third-order valence-corrected chi connectivity index (χ3v) is 2.83. The third-order valence-electron chi connectivity index (χ3n) is 2.02. The summed E-state index contributed by atoms with van der Waals surface area (Å²) in [4.78, 5) is 4.29. The number of hydrogen-bond acceptors (Lipinski definition) is 2. The molecule has 0 N–H and O–H groups in total. The fraction of sp³-hybridized carbons (Fsp3) is 0.500. The Morgan fingerprint density at radius 3 is 2.38 bits per heavy atom. The molecule has 2 nitrogen and oxygen atoms in total. The second-order valence-electron chi connectivity index (χ2n) is 3.43. The SMILES string of the molecule is Cc1nc([S+](C)[O-])ccc1C(C)C. The van der Waals surface area contributed by atoms with Gasteiger partial charge in [0.1, 0.15) is 6.26 Å². The summed E-state index contributed by atoms with van der Waals surface area (Å²) >= 11 is -0.972. The zero-order valence-corrected chi connectivity index (χ0v) is 9.31. The predicted molar refractivity (Wildman–Crippen MR) is 55.4 cm³/mol. The summed E-state index contributed by atoms with van der Waals surface area (Å²) in [6.07, 6.45) is 1.65. The lowest BCUT2D eigenvalue weighted by Crippen LogP contribution is -2.04. The number of rotatable bonds is 2. The van der Waals surface area contributed by atoms with Crippen LogP contribution in [0.25, 0.3) is 0 Å². The van der Waals surface area contributed by atoms with Crippen molar-refractivity contribution in [3.05, 3.63) is 23.4 Å². The quantitative estimate of drug-likeness (QED) is 0.682. The first-order valence-electron chi connectivity index (χ1n) is 4.33. The van der Waals surface area contributed by atoms with Crippen LogP contribution in [0.15, 0.2) is 17.2 Å². The van der Waals surface area contributed by atoms with E-state index >= 15 is 0 Å². The summed E-state index contributed by atoms with van der Waals surface area (Å²) in [6, 6.07) is 3.86. The van der Waals surface area contributed by atoms with Crippen LogP contribution in [0.3, 0.4) is 0 Å². The van der Waals surface area contributed by atoms with Crippen molar-refractivity contribution < 1.29 is 4.55 Å². The monoisotopic (exact) mass is 197 g/mol. The molecule has 1 rings (SSSR count). The Morgan fingerprint density at radius 2 is 2.00 bits per heavy atom. The van der Waals surface area contributed by atoms with Gasteiger partial charge < -0.3 is 4.55 Å². The van der Waals surface area contributed by atoms with E-state index in [4.69, 9.17) is 0 Å². The van der Waals surface area contributed by atoms with E-state index in [1.54, 1.807) is 6.26 Å². The Labute approximate surface area is 82.6 Å². The number of aromatic nitrogens is 1. The molecule has 1 atom stereocenters. The van der Waals surface area contributed by atoms with Crippen molar-refractivity contribution in [3.8, 4) is 0 Å². The molecule has 1 aromatic heterocycles.